The summed E-state index contributed by atoms with van der Waals surface area (Å²) in [4.78, 5) is 25.4. The number of para-hydroxylation sites is 1. The van der Waals surface area contributed by atoms with E-state index in [0.717, 1.165) is 0 Å². The molecule has 43 heavy (non-hydrogen) atoms. The highest BCUT2D eigenvalue weighted by molar-refractivity contribution is 7.52. The highest BCUT2D eigenvalue weighted by atomic mass is 31.2. The molecule has 0 amide bonds. The van der Waals surface area contributed by atoms with Crippen LogP contribution in [0.1, 0.15) is 47.8 Å². The summed E-state index contributed by atoms with van der Waals surface area (Å²) in [6.07, 6.45) is -1.91. The van der Waals surface area contributed by atoms with Gasteiger partial charge >= 0.3 is 13.7 Å². The van der Waals surface area contributed by atoms with Crippen molar-refractivity contribution in [2.45, 2.75) is 71.6 Å². The molecule has 1 fully saturated rings. The monoisotopic (exact) mass is 621 g/mol. The molecule has 0 saturated carbocycles. The number of carbonyl (C=O) groups excluding carboxylic acids is 1. The van der Waals surface area contributed by atoms with Gasteiger partial charge in [-0.2, -0.15) is 15.1 Å². The maximum Gasteiger partial charge on any atom is 0.459 e. The Morgan fingerprint density at radius 2 is 1.98 bits per heavy atom. The first-order chi connectivity index (χ1) is 20.1. The third kappa shape index (κ3) is 7.61. The maximum atomic E-state index is 14.0. The summed E-state index contributed by atoms with van der Waals surface area (Å²) < 4.78 is 44.0. The summed E-state index contributed by atoms with van der Waals surface area (Å²) in [7, 11) is -4.23. The van der Waals surface area contributed by atoms with E-state index in [9.17, 15) is 14.5 Å². The fourth-order valence-electron chi connectivity index (χ4n) is 4.33. The molecule has 1 aromatic carbocycles. The summed E-state index contributed by atoms with van der Waals surface area (Å²) in [6, 6.07) is 7.26. The number of aliphatic hydroxyl groups excluding tert-OH is 1. The van der Waals surface area contributed by atoms with Gasteiger partial charge in [-0.3, -0.25) is 13.9 Å². The molecule has 1 aliphatic heterocycles. The molecular formula is C27H40N7O8P. The molecule has 0 bridgehead atoms. The number of fused-ring (bicyclic) bond motifs is 1. The number of anilines is 1. The summed E-state index contributed by atoms with van der Waals surface area (Å²) in [6.45, 7) is 10.7. The van der Waals surface area contributed by atoms with Gasteiger partial charge in [0.15, 0.2) is 17.4 Å². The lowest BCUT2D eigenvalue weighted by atomic mass is 9.93. The van der Waals surface area contributed by atoms with E-state index >= 15 is 0 Å². The zero-order chi connectivity index (χ0) is 31.6. The Bertz CT molecular complexity index is 1460. The topological polar surface area (TPSA) is 208 Å². The Hall–Kier alpha value is -3.33. The van der Waals surface area contributed by atoms with Crippen molar-refractivity contribution in [2.75, 3.05) is 25.6 Å². The van der Waals surface area contributed by atoms with E-state index in [2.05, 4.69) is 20.0 Å². The number of esters is 1. The van der Waals surface area contributed by atoms with Crippen LogP contribution in [0.15, 0.2) is 36.7 Å². The van der Waals surface area contributed by atoms with Crippen LogP contribution in [0.2, 0.25) is 0 Å². The van der Waals surface area contributed by atoms with Crippen LogP contribution in [0, 0.1) is 5.41 Å². The lowest BCUT2D eigenvalue weighted by Gasteiger charge is -2.28. The van der Waals surface area contributed by atoms with Gasteiger partial charge in [-0.05, 0) is 38.3 Å². The number of ether oxygens (including phenoxy) is 3. The number of rotatable bonds is 12. The molecule has 3 heterocycles. The van der Waals surface area contributed by atoms with Crippen molar-refractivity contribution in [3.63, 3.8) is 0 Å². The number of hydrogen-bond acceptors (Lipinski definition) is 13. The fourth-order valence-corrected chi connectivity index (χ4v) is 5.83. The molecule has 1 aliphatic rings. The zero-order valence-electron chi connectivity index (χ0n) is 25.1. The fraction of sp³-hybridized carbons (Fsp3) is 0.556. The SMILES string of the molecule is CCOc1nc(N)nc2c1ncn2[C@@H]1O[C@H](COP(=O)(N[C@@H](C)C(=O)OCC(C)(C)C)Oc2ccccc2)C(O)[C@@]1(C)N. The molecule has 2 aromatic heterocycles. The van der Waals surface area contributed by atoms with Gasteiger partial charge in [-0.15, -0.1) is 0 Å². The third-order valence-corrected chi connectivity index (χ3v) is 8.14. The van der Waals surface area contributed by atoms with Crippen molar-refractivity contribution in [3.8, 4) is 11.6 Å². The van der Waals surface area contributed by atoms with Crippen LogP contribution < -0.4 is 25.8 Å². The number of imidazole rings is 1. The van der Waals surface area contributed by atoms with Crippen molar-refractivity contribution in [1.29, 1.82) is 0 Å². The number of carbonyl (C=O) groups is 1. The Labute approximate surface area is 249 Å². The molecule has 0 aliphatic carbocycles. The van der Waals surface area contributed by atoms with Crippen LogP contribution in [-0.4, -0.2) is 74.2 Å². The number of nitrogens with one attached hydrogen (secondary N) is 1. The summed E-state index contributed by atoms with van der Waals surface area (Å²) in [5.74, 6) is -0.256. The number of nitrogens with two attached hydrogens (primary N) is 2. The summed E-state index contributed by atoms with van der Waals surface area (Å²) >= 11 is 0. The summed E-state index contributed by atoms with van der Waals surface area (Å²) in [5, 5.41) is 13.8. The molecule has 1 saturated heterocycles. The van der Waals surface area contributed by atoms with Gasteiger partial charge in [-0.1, -0.05) is 39.0 Å². The number of nitrogen functional groups attached to an aromatic ring is 1. The van der Waals surface area contributed by atoms with Gasteiger partial charge in [0.1, 0.15) is 24.0 Å². The second-order valence-electron chi connectivity index (χ2n) is 11.7. The molecule has 236 valence electrons. The molecule has 2 unspecified atom stereocenters. The van der Waals surface area contributed by atoms with Gasteiger partial charge in [0.25, 0.3) is 0 Å². The second kappa shape index (κ2) is 12.7. The predicted octanol–water partition coefficient (Wildman–Crippen LogP) is 2.55. The first kappa shape index (κ1) is 32.6. The van der Waals surface area contributed by atoms with Crippen molar-refractivity contribution >= 4 is 30.8 Å². The largest absolute Gasteiger partial charge is 0.476 e. The van der Waals surface area contributed by atoms with Crippen LogP contribution >= 0.6 is 7.75 Å². The highest BCUT2D eigenvalue weighted by Crippen LogP contribution is 2.47. The van der Waals surface area contributed by atoms with E-state index in [0.29, 0.717) is 12.1 Å². The first-order valence-electron chi connectivity index (χ1n) is 13.8. The smallest absolute Gasteiger partial charge is 0.459 e. The van der Waals surface area contributed by atoms with Gasteiger partial charge in [0, 0.05) is 0 Å². The number of aliphatic hydroxyl groups is 1. The van der Waals surface area contributed by atoms with Crippen LogP contribution in [0.3, 0.4) is 0 Å². The van der Waals surface area contributed by atoms with Gasteiger partial charge in [0.2, 0.25) is 11.8 Å². The van der Waals surface area contributed by atoms with Crippen LogP contribution in [-0.2, 0) is 23.4 Å². The third-order valence-electron chi connectivity index (χ3n) is 6.50. The van der Waals surface area contributed by atoms with Crippen molar-refractivity contribution < 1.29 is 37.7 Å². The van der Waals surface area contributed by atoms with Crippen molar-refractivity contribution in [2.24, 2.45) is 11.1 Å². The number of benzene rings is 1. The first-order valence-corrected chi connectivity index (χ1v) is 15.4. The number of hydrogen-bond donors (Lipinski definition) is 4. The normalized spacial score (nSPS) is 24.4. The standard InChI is InChI=1S/C27H40N7O8P/c1-7-38-22-19-21(31-25(28)32-22)34(15-30-19)24-27(6,29)20(35)18(41-24)13-40-43(37,42-17-11-9-8-10-12-17)33-16(2)23(36)39-14-26(3,4)5/h8-12,15-16,18,20,24,35H,7,13-14,29H2,1-6H3,(H,33,37)(H2,28,31,32)/t16-,18+,20?,24+,27+,43?/m0/s1. The molecule has 3 aromatic rings. The van der Waals surface area contributed by atoms with Crippen molar-refractivity contribution in [3.05, 3.63) is 36.7 Å². The Morgan fingerprint density at radius 3 is 2.63 bits per heavy atom. The molecule has 15 nitrogen and oxygen atoms in total. The van der Waals surface area contributed by atoms with Crippen molar-refractivity contribution in [1.82, 2.24) is 24.6 Å². The van der Waals surface area contributed by atoms with E-state index in [4.69, 9.17) is 34.7 Å². The molecule has 4 rings (SSSR count). The van der Waals surface area contributed by atoms with E-state index in [-0.39, 0.29) is 35.2 Å². The predicted molar refractivity (Wildman–Crippen MR) is 157 cm³/mol. The highest BCUT2D eigenvalue weighted by Gasteiger charge is 2.53. The van der Waals surface area contributed by atoms with Gasteiger partial charge in [0.05, 0.1) is 31.7 Å². The van der Waals surface area contributed by atoms with Crippen LogP contribution in [0.5, 0.6) is 11.6 Å². The minimum atomic E-state index is -4.23. The van der Waals surface area contributed by atoms with E-state index in [1.807, 2.05) is 20.8 Å². The Balaban J connectivity index is 1.54. The molecule has 6 atom stereocenters. The lowest BCUT2D eigenvalue weighted by Crippen LogP contribution is -2.52. The average molecular weight is 622 g/mol. The maximum absolute atomic E-state index is 14.0. The van der Waals surface area contributed by atoms with Crippen LogP contribution in [0.25, 0.3) is 11.2 Å². The lowest BCUT2D eigenvalue weighted by molar-refractivity contribution is -0.148. The number of aromatic nitrogens is 4. The zero-order valence-corrected chi connectivity index (χ0v) is 26.0. The molecule has 16 heteroatoms. The quantitative estimate of drug-likeness (QED) is 0.169. The minimum absolute atomic E-state index is 0.0462. The van der Waals surface area contributed by atoms with Crippen LogP contribution in [0.4, 0.5) is 5.95 Å². The molecule has 6 N–H and O–H groups in total. The van der Waals surface area contributed by atoms with Gasteiger partial charge in [-0.25, -0.2) is 9.55 Å². The average Bonchev–Trinajstić information content (AvgIpc) is 3.44. The Kier molecular flexibility index (Phi) is 9.64. The van der Waals surface area contributed by atoms with E-state index in [1.165, 1.54) is 17.8 Å². The minimum Gasteiger partial charge on any atom is -0.476 e. The van der Waals surface area contributed by atoms with Gasteiger partial charge < -0.3 is 35.3 Å². The molecule has 0 radical (unpaired) electrons. The van der Waals surface area contributed by atoms with E-state index in [1.54, 1.807) is 44.2 Å². The second-order valence-corrected chi connectivity index (χ2v) is 13.4. The van der Waals surface area contributed by atoms with E-state index < -0.39 is 50.3 Å². The summed E-state index contributed by atoms with van der Waals surface area (Å²) in [5.41, 5.74) is 11.4. The Morgan fingerprint density at radius 1 is 1.28 bits per heavy atom. The molecule has 0 spiro atoms. The number of nitrogens with zero attached hydrogens (tertiary/aromatic N) is 4. The molecular weight excluding hydrogens is 581 g/mol.